The molecule has 18 rings (SSSR count). The average molecular weight is 1220 g/mol. The number of hydrogen-bond donors (Lipinski definition) is 0. The van der Waals surface area contributed by atoms with Crippen molar-refractivity contribution >= 4 is 64.6 Å². The Morgan fingerprint density at radius 1 is 0.135 bits per heavy atom. The third-order valence-corrected chi connectivity index (χ3v) is 18.5. The van der Waals surface area contributed by atoms with Gasteiger partial charge in [0, 0.05) is 58.2 Å². The second kappa shape index (κ2) is 23.6. The van der Waals surface area contributed by atoms with Crippen LogP contribution in [0.25, 0.3) is 189 Å². The van der Waals surface area contributed by atoms with Crippen LogP contribution in [-0.2, 0) is 0 Å². The van der Waals surface area contributed by atoms with Crippen molar-refractivity contribution in [2.24, 2.45) is 0 Å². The van der Waals surface area contributed by atoms with Gasteiger partial charge < -0.3 is 0 Å². The normalized spacial score (nSPS) is 11.5. The fourth-order valence-corrected chi connectivity index (χ4v) is 13.9. The molecule has 4 heterocycles. The zero-order valence-electron chi connectivity index (χ0n) is 51.8. The van der Waals surface area contributed by atoms with E-state index in [9.17, 15) is 0 Å². The Balaban J connectivity index is 0.685. The Kier molecular flexibility index (Phi) is 13.7. The molecule has 446 valence electrons. The zero-order chi connectivity index (χ0) is 63.5. The van der Waals surface area contributed by atoms with Crippen LogP contribution in [0.2, 0.25) is 0 Å². The van der Waals surface area contributed by atoms with Crippen LogP contribution in [0, 0.1) is 0 Å². The lowest BCUT2D eigenvalue weighted by atomic mass is 9.88. The highest BCUT2D eigenvalue weighted by Gasteiger charge is 2.20. The Bertz CT molecular complexity index is 5940. The molecule has 96 heavy (non-hydrogen) atoms. The first kappa shape index (κ1) is 55.8. The van der Waals surface area contributed by atoms with E-state index in [0.717, 1.165) is 77.9 Å². The van der Waals surface area contributed by atoms with Gasteiger partial charge in [0.25, 0.3) is 0 Å². The van der Waals surface area contributed by atoms with E-state index in [1.54, 1.807) is 24.8 Å². The van der Waals surface area contributed by atoms with Gasteiger partial charge in [-0.05, 0) is 187 Å². The van der Waals surface area contributed by atoms with Crippen molar-refractivity contribution in [3.63, 3.8) is 0 Å². The molecule has 8 nitrogen and oxygen atoms in total. The van der Waals surface area contributed by atoms with Gasteiger partial charge in [-0.15, -0.1) is 0 Å². The van der Waals surface area contributed by atoms with Crippen LogP contribution in [-0.4, -0.2) is 39.9 Å². The summed E-state index contributed by atoms with van der Waals surface area (Å²) in [5.74, 6) is 3.64. The lowest BCUT2D eigenvalue weighted by Gasteiger charge is -2.16. The number of pyridine rings is 2. The highest BCUT2D eigenvalue weighted by Crippen LogP contribution is 2.44. The summed E-state index contributed by atoms with van der Waals surface area (Å²) in [4.78, 5) is 38.4. The van der Waals surface area contributed by atoms with Gasteiger partial charge in [0.05, 0.1) is 0 Å². The summed E-state index contributed by atoms with van der Waals surface area (Å²) in [5.41, 5.74) is 16.7. The number of benzene rings is 14. The fourth-order valence-electron chi connectivity index (χ4n) is 13.9. The number of fused-ring (bicyclic) bond motifs is 12. The molecular weight excluding hydrogens is 1170 g/mol. The predicted molar refractivity (Wildman–Crippen MR) is 394 cm³/mol. The molecule has 0 aliphatic heterocycles. The first-order valence-corrected chi connectivity index (χ1v) is 32.2. The van der Waals surface area contributed by atoms with Gasteiger partial charge in [-0.3, -0.25) is 9.97 Å². The van der Waals surface area contributed by atoms with E-state index in [0.29, 0.717) is 34.9 Å². The monoisotopic (exact) mass is 1220 g/mol. The maximum Gasteiger partial charge on any atom is 0.164 e. The second-order valence-corrected chi connectivity index (χ2v) is 24.2. The van der Waals surface area contributed by atoms with Crippen LogP contribution >= 0.6 is 0 Å². The van der Waals surface area contributed by atoms with Crippen LogP contribution < -0.4 is 0 Å². The molecule has 0 fully saturated rings. The first-order chi connectivity index (χ1) is 47.5. The zero-order valence-corrected chi connectivity index (χ0v) is 51.8. The molecule has 0 saturated heterocycles. The van der Waals surface area contributed by atoms with E-state index in [1.165, 1.54) is 75.8 Å². The standard InChI is InChI=1S/C88H54N8/c1-3-16-55(17-4-1)83-91-84(56-18-5-2-6-19-56)94-88(93-83)68-25-15-23-65(50-68)69-26-7-8-27-70(69)66-35-39-77-76-37-33-63(52-79(76)73-30-11-12-31-74(73)82(77)54-66)64-34-38-78-80(53-64)72-29-10-9-28-71(72)75-36-32-62(51-81(75)78)60-21-13-20-59(48-60)61-22-14-24-67(49-61)87-95-85(57-40-44-89-45-41-57)92-86(96-87)58-42-46-90-47-43-58/h1-54H. The molecule has 14 aromatic carbocycles. The van der Waals surface area contributed by atoms with Gasteiger partial charge in [0.15, 0.2) is 34.9 Å². The van der Waals surface area contributed by atoms with Crippen LogP contribution in [0.1, 0.15) is 0 Å². The van der Waals surface area contributed by atoms with Crippen molar-refractivity contribution in [2.75, 3.05) is 0 Å². The Morgan fingerprint density at radius 3 is 0.760 bits per heavy atom. The Labute approximate surface area is 553 Å². The van der Waals surface area contributed by atoms with E-state index >= 15 is 0 Å². The minimum absolute atomic E-state index is 0.579. The highest BCUT2D eigenvalue weighted by atomic mass is 15.0. The van der Waals surface area contributed by atoms with Crippen molar-refractivity contribution in [1.82, 2.24) is 39.9 Å². The third-order valence-electron chi connectivity index (χ3n) is 18.5. The van der Waals surface area contributed by atoms with Gasteiger partial charge >= 0.3 is 0 Å². The first-order valence-electron chi connectivity index (χ1n) is 32.2. The molecule has 0 bridgehead atoms. The quantitative estimate of drug-likeness (QED) is 0.118. The molecule has 0 spiro atoms. The van der Waals surface area contributed by atoms with Crippen molar-refractivity contribution in [3.05, 3.63) is 328 Å². The van der Waals surface area contributed by atoms with Crippen molar-refractivity contribution < 1.29 is 0 Å². The summed E-state index contributed by atoms with van der Waals surface area (Å²) >= 11 is 0. The van der Waals surface area contributed by atoms with Gasteiger partial charge in [-0.2, -0.15) is 0 Å². The molecule has 0 atom stereocenters. The minimum Gasteiger partial charge on any atom is -0.265 e. The second-order valence-electron chi connectivity index (χ2n) is 24.2. The molecule has 0 saturated carbocycles. The highest BCUT2D eigenvalue weighted by molar-refractivity contribution is 6.28. The minimum atomic E-state index is 0.579. The summed E-state index contributed by atoms with van der Waals surface area (Å²) in [6.07, 6.45) is 7.02. The summed E-state index contributed by atoms with van der Waals surface area (Å²) in [6.45, 7) is 0. The van der Waals surface area contributed by atoms with Crippen molar-refractivity contribution in [3.8, 4) is 124 Å². The number of aromatic nitrogens is 8. The number of rotatable bonds is 11. The van der Waals surface area contributed by atoms with E-state index in [-0.39, 0.29) is 0 Å². The topological polar surface area (TPSA) is 103 Å². The molecular formula is C88H54N8. The van der Waals surface area contributed by atoms with Crippen LogP contribution in [0.4, 0.5) is 0 Å². The molecule has 0 radical (unpaired) electrons. The summed E-state index contributed by atoms with van der Waals surface area (Å²) in [6, 6.07) is 108. The van der Waals surface area contributed by atoms with Crippen molar-refractivity contribution in [1.29, 1.82) is 0 Å². The summed E-state index contributed by atoms with van der Waals surface area (Å²) in [5, 5.41) is 14.7. The number of nitrogens with zero attached hydrogens (tertiary/aromatic N) is 8. The molecule has 0 N–H and O–H groups in total. The van der Waals surface area contributed by atoms with Crippen LogP contribution in [0.15, 0.2) is 328 Å². The van der Waals surface area contributed by atoms with Crippen molar-refractivity contribution in [2.45, 2.75) is 0 Å². The molecule has 4 aromatic heterocycles. The van der Waals surface area contributed by atoms with E-state index in [2.05, 4.69) is 228 Å². The Hall–Kier alpha value is -13.0. The molecule has 0 aliphatic rings. The lowest BCUT2D eigenvalue weighted by molar-refractivity contribution is 1.07. The van der Waals surface area contributed by atoms with E-state index < -0.39 is 0 Å². The van der Waals surface area contributed by atoms with E-state index in [4.69, 9.17) is 29.9 Å². The molecule has 0 aliphatic carbocycles. The molecule has 8 heteroatoms. The van der Waals surface area contributed by atoms with Gasteiger partial charge in [-0.25, -0.2) is 29.9 Å². The smallest absolute Gasteiger partial charge is 0.164 e. The summed E-state index contributed by atoms with van der Waals surface area (Å²) in [7, 11) is 0. The molecule has 0 unspecified atom stereocenters. The van der Waals surface area contributed by atoms with Crippen LogP contribution in [0.3, 0.4) is 0 Å². The number of hydrogen-bond acceptors (Lipinski definition) is 8. The lowest BCUT2D eigenvalue weighted by Crippen LogP contribution is -2.00. The maximum absolute atomic E-state index is 5.07. The third kappa shape index (κ3) is 10.1. The predicted octanol–water partition coefficient (Wildman–Crippen LogP) is 22.1. The maximum atomic E-state index is 5.07. The van der Waals surface area contributed by atoms with E-state index in [1.807, 2.05) is 84.9 Å². The Morgan fingerprint density at radius 2 is 0.365 bits per heavy atom. The molecule has 0 amide bonds. The largest absolute Gasteiger partial charge is 0.265 e. The van der Waals surface area contributed by atoms with Gasteiger partial charge in [-0.1, -0.05) is 237 Å². The average Bonchev–Trinajstić information content (AvgIpc) is 0.742. The van der Waals surface area contributed by atoms with Gasteiger partial charge in [0.2, 0.25) is 0 Å². The van der Waals surface area contributed by atoms with Gasteiger partial charge in [0.1, 0.15) is 0 Å². The molecule has 18 aromatic rings. The summed E-state index contributed by atoms with van der Waals surface area (Å²) < 4.78 is 0. The SMILES string of the molecule is c1ccc(-c2nc(-c3ccccc3)nc(-c3cccc(-c4ccccc4-c4ccc5c6ccc(-c7ccc8c9cc(-c%10cccc(-c%11cccc(-c%12nc(-c%13ccncc%13)nc(-c%13ccncc%13)n%12)c%11)c%10)ccc9c9ccccc9c8c7)cc6c6ccccc6c5c4)c3)n2)cc1. The fraction of sp³-hybridized carbons (Fsp3) is 0. The van der Waals surface area contributed by atoms with Crippen LogP contribution in [0.5, 0.6) is 0 Å².